The second-order valence-corrected chi connectivity index (χ2v) is 11.6. The zero-order valence-corrected chi connectivity index (χ0v) is 20.6. The van der Waals surface area contributed by atoms with E-state index in [9.17, 15) is 13.2 Å². The second-order valence-electron chi connectivity index (χ2n) is 9.34. The number of hydrogen-bond donors (Lipinski definition) is 0. The van der Waals surface area contributed by atoms with Crippen LogP contribution in [0.4, 0.5) is 5.69 Å². The molecule has 2 aromatic rings. The summed E-state index contributed by atoms with van der Waals surface area (Å²) in [5, 5.41) is 0.558. The number of fused-ring (bicyclic) bond motifs is 1. The Kier molecular flexibility index (Phi) is 6.13. The lowest BCUT2D eigenvalue weighted by Crippen LogP contribution is -2.46. The Balaban J connectivity index is 1.76. The van der Waals surface area contributed by atoms with Crippen LogP contribution in [-0.2, 0) is 26.8 Å². The van der Waals surface area contributed by atoms with Crippen molar-refractivity contribution in [2.45, 2.75) is 49.6 Å². The van der Waals surface area contributed by atoms with Crippen molar-refractivity contribution in [3.63, 3.8) is 0 Å². The molecule has 4 rings (SSSR count). The van der Waals surface area contributed by atoms with E-state index < -0.39 is 15.4 Å². The molecule has 0 atom stereocenters. The number of anilines is 1. The largest absolute Gasteiger partial charge is 0.314 e. The van der Waals surface area contributed by atoms with Crippen LogP contribution in [0.15, 0.2) is 47.4 Å². The van der Waals surface area contributed by atoms with Crippen LogP contribution in [0, 0.1) is 0 Å². The van der Waals surface area contributed by atoms with Gasteiger partial charge in [0.1, 0.15) is 0 Å². The minimum absolute atomic E-state index is 0.0368. The van der Waals surface area contributed by atoms with Gasteiger partial charge in [0.05, 0.1) is 10.3 Å². The number of amides is 1. The Labute approximate surface area is 195 Å². The van der Waals surface area contributed by atoms with Gasteiger partial charge in [0.25, 0.3) is 0 Å². The lowest BCUT2D eigenvalue weighted by atomic mass is 9.86. The van der Waals surface area contributed by atoms with E-state index in [1.807, 2.05) is 32.0 Å². The number of hydrogen-bond acceptors (Lipinski definition) is 4. The zero-order valence-electron chi connectivity index (χ0n) is 19.0. The van der Waals surface area contributed by atoms with Crippen LogP contribution in [0.2, 0.25) is 5.02 Å². The minimum atomic E-state index is -3.81. The quantitative estimate of drug-likeness (QED) is 0.658. The molecule has 0 aromatic heterocycles. The fourth-order valence-corrected chi connectivity index (χ4v) is 6.62. The molecule has 0 aliphatic carbocycles. The van der Waals surface area contributed by atoms with Crippen LogP contribution < -0.4 is 4.90 Å². The van der Waals surface area contributed by atoms with Gasteiger partial charge in [-0.3, -0.25) is 4.79 Å². The summed E-state index contributed by atoms with van der Waals surface area (Å²) < 4.78 is 29.6. The van der Waals surface area contributed by atoms with Gasteiger partial charge < -0.3 is 9.80 Å². The molecule has 1 fully saturated rings. The fourth-order valence-electron chi connectivity index (χ4n) is 4.74. The first-order valence-corrected chi connectivity index (χ1v) is 12.7. The molecular formula is C24H30ClN3O3S. The van der Waals surface area contributed by atoms with E-state index in [-0.39, 0.29) is 23.4 Å². The standard InChI is InChI=1S/C24H30ClN3O3S/c1-24(2)20-15-19(9-10-22(20)27(4)23(24)29)32(30,31)28(18-11-13-26(3)14-12-18)16-17-7-5-6-8-21(17)25/h5-10,15,18H,11-14,16H2,1-4H3. The molecule has 1 amide bonds. The molecule has 2 heterocycles. The summed E-state index contributed by atoms with van der Waals surface area (Å²) in [7, 11) is -0.0302. The average Bonchev–Trinajstić information content (AvgIpc) is 2.94. The molecule has 8 heteroatoms. The Bertz CT molecular complexity index is 1140. The predicted molar refractivity (Wildman–Crippen MR) is 128 cm³/mol. The van der Waals surface area contributed by atoms with E-state index >= 15 is 0 Å². The maximum Gasteiger partial charge on any atom is 0.243 e. The number of likely N-dealkylation sites (tertiary alicyclic amines) is 1. The first-order valence-electron chi connectivity index (χ1n) is 10.9. The van der Waals surface area contributed by atoms with Crippen molar-refractivity contribution >= 4 is 33.2 Å². The Morgan fingerprint density at radius 1 is 1.09 bits per heavy atom. The smallest absolute Gasteiger partial charge is 0.243 e. The molecule has 1 saturated heterocycles. The van der Waals surface area contributed by atoms with E-state index in [1.165, 1.54) is 0 Å². The van der Waals surface area contributed by atoms with Crippen molar-refractivity contribution in [3.8, 4) is 0 Å². The monoisotopic (exact) mass is 475 g/mol. The third kappa shape index (κ3) is 3.96. The molecule has 0 radical (unpaired) electrons. The summed E-state index contributed by atoms with van der Waals surface area (Å²) in [5.41, 5.74) is 1.52. The Hall–Kier alpha value is -1.93. The van der Waals surface area contributed by atoms with Crippen molar-refractivity contribution in [2.24, 2.45) is 0 Å². The number of piperidine rings is 1. The van der Waals surface area contributed by atoms with Gasteiger partial charge in [-0.25, -0.2) is 8.42 Å². The molecule has 2 aromatic carbocycles. The molecule has 2 aliphatic heterocycles. The Morgan fingerprint density at radius 2 is 1.75 bits per heavy atom. The van der Waals surface area contributed by atoms with Gasteiger partial charge in [-0.2, -0.15) is 4.31 Å². The predicted octanol–water partition coefficient (Wildman–Crippen LogP) is 3.88. The summed E-state index contributed by atoms with van der Waals surface area (Å²) in [4.78, 5) is 16.7. The highest BCUT2D eigenvalue weighted by molar-refractivity contribution is 7.89. The van der Waals surface area contributed by atoms with Gasteiger partial charge in [-0.15, -0.1) is 0 Å². The number of carbonyl (C=O) groups excluding carboxylic acids is 1. The SMILES string of the molecule is CN1CCC(N(Cc2ccccc2Cl)S(=O)(=O)c2ccc3c(c2)C(C)(C)C(=O)N3C)CC1. The normalized spacial score (nSPS) is 19.6. The highest BCUT2D eigenvalue weighted by Crippen LogP contribution is 2.42. The van der Waals surface area contributed by atoms with Gasteiger partial charge in [0.15, 0.2) is 0 Å². The van der Waals surface area contributed by atoms with E-state index in [0.717, 1.165) is 42.7 Å². The maximum absolute atomic E-state index is 14.0. The summed E-state index contributed by atoms with van der Waals surface area (Å²) >= 11 is 6.40. The van der Waals surface area contributed by atoms with Crippen LogP contribution in [0.3, 0.4) is 0 Å². The highest BCUT2D eigenvalue weighted by Gasteiger charge is 2.43. The summed E-state index contributed by atoms with van der Waals surface area (Å²) in [6, 6.07) is 12.3. The van der Waals surface area contributed by atoms with Crippen LogP contribution in [0.1, 0.15) is 37.8 Å². The van der Waals surface area contributed by atoms with Crippen molar-refractivity contribution in [3.05, 3.63) is 58.6 Å². The molecule has 0 unspecified atom stereocenters. The molecular weight excluding hydrogens is 446 g/mol. The van der Waals surface area contributed by atoms with Crippen molar-refractivity contribution in [2.75, 3.05) is 32.1 Å². The van der Waals surface area contributed by atoms with Crippen LogP contribution in [-0.4, -0.2) is 56.8 Å². The van der Waals surface area contributed by atoms with E-state index in [4.69, 9.17) is 11.6 Å². The molecule has 172 valence electrons. The first kappa shape index (κ1) is 23.2. The summed E-state index contributed by atoms with van der Waals surface area (Å²) in [6.07, 6.45) is 1.52. The number of nitrogens with zero attached hydrogens (tertiary/aromatic N) is 3. The molecule has 0 bridgehead atoms. The third-order valence-electron chi connectivity index (χ3n) is 6.83. The van der Waals surface area contributed by atoms with E-state index in [0.29, 0.717) is 5.02 Å². The van der Waals surface area contributed by atoms with Crippen LogP contribution >= 0.6 is 11.6 Å². The van der Waals surface area contributed by atoms with E-state index in [1.54, 1.807) is 40.5 Å². The highest BCUT2D eigenvalue weighted by atomic mass is 35.5. The van der Waals surface area contributed by atoms with Crippen LogP contribution in [0.5, 0.6) is 0 Å². The topological polar surface area (TPSA) is 60.9 Å². The average molecular weight is 476 g/mol. The van der Waals surface area contributed by atoms with Crippen molar-refractivity contribution in [1.82, 2.24) is 9.21 Å². The molecule has 32 heavy (non-hydrogen) atoms. The molecule has 0 saturated carbocycles. The molecule has 2 aliphatic rings. The number of carbonyl (C=O) groups is 1. The van der Waals surface area contributed by atoms with Crippen molar-refractivity contribution in [1.29, 1.82) is 0 Å². The second kappa shape index (κ2) is 8.45. The number of halogens is 1. The number of likely N-dealkylation sites (N-methyl/N-ethyl adjacent to an activating group) is 1. The summed E-state index contributed by atoms with van der Waals surface area (Å²) in [6.45, 7) is 5.58. The van der Waals surface area contributed by atoms with Gasteiger partial charge in [0.2, 0.25) is 15.9 Å². The Morgan fingerprint density at radius 3 is 2.41 bits per heavy atom. The third-order valence-corrected chi connectivity index (χ3v) is 9.09. The van der Waals surface area contributed by atoms with E-state index in [2.05, 4.69) is 11.9 Å². The number of sulfonamides is 1. The van der Waals surface area contributed by atoms with Gasteiger partial charge in [-0.05, 0) is 82.2 Å². The number of benzene rings is 2. The number of rotatable bonds is 5. The molecule has 0 N–H and O–H groups in total. The zero-order chi connectivity index (χ0) is 23.3. The summed E-state index contributed by atoms with van der Waals surface area (Å²) in [5.74, 6) is -0.0368. The van der Waals surface area contributed by atoms with Gasteiger partial charge >= 0.3 is 0 Å². The lowest BCUT2D eigenvalue weighted by molar-refractivity contribution is -0.121. The lowest BCUT2D eigenvalue weighted by Gasteiger charge is -2.36. The van der Waals surface area contributed by atoms with Gasteiger partial charge in [-0.1, -0.05) is 29.8 Å². The van der Waals surface area contributed by atoms with Gasteiger partial charge in [0, 0.05) is 30.3 Å². The molecule has 6 nitrogen and oxygen atoms in total. The maximum atomic E-state index is 14.0. The van der Waals surface area contributed by atoms with Crippen molar-refractivity contribution < 1.29 is 13.2 Å². The minimum Gasteiger partial charge on any atom is -0.314 e. The fraction of sp³-hybridized carbons (Fsp3) is 0.458. The molecule has 0 spiro atoms. The first-order chi connectivity index (χ1) is 15.0. The van der Waals surface area contributed by atoms with Crippen LogP contribution in [0.25, 0.3) is 0 Å².